The summed E-state index contributed by atoms with van der Waals surface area (Å²) >= 11 is 0. The number of phenols is 1. The van der Waals surface area contributed by atoms with Gasteiger partial charge < -0.3 is 16.2 Å². The number of nitrogens with two attached hydrogens (primary N) is 1. The van der Waals surface area contributed by atoms with Gasteiger partial charge in [-0.3, -0.25) is 10.2 Å². The van der Waals surface area contributed by atoms with Gasteiger partial charge in [0.15, 0.2) is 5.78 Å². The van der Waals surface area contributed by atoms with E-state index in [1.807, 2.05) is 0 Å². The van der Waals surface area contributed by atoms with Crippen LogP contribution in [0.5, 0.6) is 5.75 Å². The van der Waals surface area contributed by atoms with Crippen LogP contribution in [0.2, 0.25) is 0 Å². The zero-order valence-electron chi connectivity index (χ0n) is 14.9. The summed E-state index contributed by atoms with van der Waals surface area (Å²) in [6.45, 7) is 0. The van der Waals surface area contributed by atoms with Gasteiger partial charge in [0.05, 0.1) is 17.3 Å². The fraction of sp³-hybridized carbons (Fsp3) is 0.100. The van der Waals surface area contributed by atoms with Crippen LogP contribution < -0.4 is 11.1 Å². The Kier molecular flexibility index (Phi) is 4.42. The maximum absolute atomic E-state index is 13.7. The summed E-state index contributed by atoms with van der Waals surface area (Å²) in [5, 5.41) is 21.0. The third-order valence-electron chi connectivity index (χ3n) is 4.68. The molecule has 0 bridgehead atoms. The number of phenolic OH excluding ortho intramolecular Hbond substituents is 1. The topological polar surface area (TPSA) is 125 Å². The molecular formula is C20H15F2N5O2. The predicted octanol–water partition coefficient (Wildman–Crippen LogP) is 2.68. The zero-order chi connectivity index (χ0) is 20.7. The van der Waals surface area contributed by atoms with Crippen LogP contribution >= 0.6 is 0 Å². The highest BCUT2D eigenvalue weighted by Crippen LogP contribution is 2.29. The smallest absolute Gasteiger partial charge is 0.185 e. The van der Waals surface area contributed by atoms with E-state index in [0.717, 1.165) is 12.1 Å². The number of nitrogen functional groups attached to an aromatic ring is 1. The van der Waals surface area contributed by atoms with E-state index >= 15 is 0 Å². The number of aromatic hydroxyl groups is 1. The van der Waals surface area contributed by atoms with Gasteiger partial charge in [0.25, 0.3) is 0 Å². The molecule has 146 valence electrons. The highest BCUT2D eigenvalue weighted by molar-refractivity contribution is 6.16. The number of rotatable bonds is 4. The van der Waals surface area contributed by atoms with Crippen molar-refractivity contribution in [1.29, 1.82) is 5.41 Å². The number of anilines is 2. The van der Waals surface area contributed by atoms with Crippen LogP contribution in [-0.4, -0.2) is 32.6 Å². The van der Waals surface area contributed by atoms with Crippen molar-refractivity contribution < 1.29 is 18.7 Å². The van der Waals surface area contributed by atoms with Gasteiger partial charge in [-0.2, -0.15) is 0 Å². The van der Waals surface area contributed by atoms with Gasteiger partial charge in [-0.25, -0.2) is 18.7 Å². The molecule has 9 heteroatoms. The standard InChI is InChI=1S/C20H15F2N5O2/c21-11-1-2-14-9(3-11)6-15(18(14)29)27-20-16(19(24)25-8-26-20)17(23)10-4-12(22)7-13(28)5-10/h1-5,7-8,15,23,28H,6H2,(H3,24,25,26,27). The molecule has 0 saturated carbocycles. The Labute approximate surface area is 163 Å². The molecule has 1 heterocycles. The van der Waals surface area contributed by atoms with E-state index in [1.165, 1.54) is 30.6 Å². The number of carbonyl (C=O) groups excluding carboxylic acids is 1. The van der Waals surface area contributed by atoms with Gasteiger partial charge in [0, 0.05) is 23.6 Å². The first kappa shape index (κ1) is 18.5. The molecule has 1 aliphatic carbocycles. The Morgan fingerprint density at radius 1 is 1.17 bits per heavy atom. The van der Waals surface area contributed by atoms with Crippen LogP contribution in [0.25, 0.3) is 0 Å². The number of nitrogens with zero attached hydrogens (tertiary/aromatic N) is 2. The molecule has 0 aliphatic heterocycles. The van der Waals surface area contributed by atoms with E-state index in [0.29, 0.717) is 11.1 Å². The molecule has 1 atom stereocenters. The lowest BCUT2D eigenvalue weighted by atomic mass is 10.0. The minimum absolute atomic E-state index is 0.0507. The molecule has 0 amide bonds. The number of hydrogen-bond acceptors (Lipinski definition) is 7. The summed E-state index contributed by atoms with van der Waals surface area (Å²) in [6.07, 6.45) is 1.41. The number of hydrogen-bond donors (Lipinski definition) is 4. The zero-order valence-corrected chi connectivity index (χ0v) is 14.9. The van der Waals surface area contributed by atoms with Gasteiger partial charge in [-0.15, -0.1) is 0 Å². The van der Waals surface area contributed by atoms with Crippen molar-refractivity contribution in [3.63, 3.8) is 0 Å². The van der Waals surface area contributed by atoms with Crippen LogP contribution in [0.4, 0.5) is 20.4 Å². The predicted molar refractivity (Wildman–Crippen MR) is 102 cm³/mol. The number of halogens is 2. The SMILES string of the molecule is N=C(c1cc(O)cc(F)c1)c1c(N)ncnc1NC1Cc2cc(F)ccc2C1=O. The van der Waals surface area contributed by atoms with Crippen molar-refractivity contribution in [1.82, 2.24) is 9.97 Å². The first-order valence-electron chi connectivity index (χ1n) is 8.62. The normalized spacial score (nSPS) is 15.2. The minimum Gasteiger partial charge on any atom is -0.508 e. The average Bonchev–Trinajstić information content (AvgIpc) is 2.95. The lowest BCUT2D eigenvalue weighted by Crippen LogP contribution is -2.28. The Hall–Kier alpha value is -3.88. The molecule has 1 unspecified atom stereocenters. The Morgan fingerprint density at radius 2 is 1.97 bits per heavy atom. The minimum atomic E-state index is -0.728. The van der Waals surface area contributed by atoms with E-state index in [4.69, 9.17) is 11.1 Å². The van der Waals surface area contributed by atoms with E-state index in [-0.39, 0.29) is 46.4 Å². The molecule has 0 radical (unpaired) electrons. The van der Waals surface area contributed by atoms with Crippen LogP contribution in [0, 0.1) is 17.0 Å². The second-order valence-electron chi connectivity index (χ2n) is 6.62. The summed E-state index contributed by atoms with van der Waals surface area (Å²) in [6, 6.07) is 6.42. The van der Waals surface area contributed by atoms with E-state index in [2.05, 4.69) is 15.3 Å². The summed E-state index contributed by atoms with van der Waals surface area (Å²) in [4.78, 5) is 20.6. The van der Waals surface area contributed by atoms with Gasteiger partial charge in [-0.1, -0.05) is 0 Å². The average molecular weight is 395 g/mol. The van der Waals surface area contributed by atoms with Gasteiger partial charge in [0.1, 0.15) is 35.3 Å². The number of Topliss-reactive ketones (excluding diaryl/α,β-unsaturated/α-hetero) is 1. The Bertz CT molecular complexity index is 1150. The van der Waals surface area contributed by atoms with Crippen molar-refractivity contribution in [2.24, 2.45) is 0 Å². The Morgan fingerprint density at radius 3 is 2.72 bits per heavy atom. The molecule has 2 aromatic carbocycles. The van der Waals surface area contributed by atoms with Crippen molar-refractivity contribution >= 4 is 23.1 Å². The van der Waals surface area contributed by atoms with Crippen LogP contribution in [0.3, 0.4) is 0 Å². The lowest BCUT2D eigenvalue weighted by Gasteiger charge is -2.17. The van der Waals surface area contributed by atoms with E-state index < -0.39 is 17.7 Å². The summed E-state index contributed by atoms with van der Waals surface area (Å²) in [5.41, 5.74) is 6.81. The maximum Gasteiger partial charge on any atom is 0.185 e. The maximum atomic E-state index is 13.7. The van der Waals surface area contributed by atoms with Crippen molar-refractivity contribution in [3.05, 3.63) is 76.6 Å². The molecule has 5 N–H and O–H groups in total. The van der Waals surface area contributed by atoms with Crippen LogP contribution in [0.1, 0.15) is 27.0 Å². The number of nitrogens with one attached hydrogen (secondary N) is 2. The molecule has 3 aromatic rings. The molecule has 4 rings (SSSR count). The summed E-state index contributed by atoms with van der Waals surface area (Å²) < 4.78 is 27.1. The van der Waals surface area contributed by atoms with Crippen molar-refractivity contribution in [3.8, 4) is 5.75 Å². The number of aromatic nitrogens is 2. The number of carbonyl (C=O) groups is 1. The summed E-state index contributed by atoms with van der Waals surface area (Å²) in [7, 11) is 0. The molecule has 7 nitrogen and oxygen atoms in total. The fourth-order valence-corrected chi connectivity index (χ4v) is 3.37. The molecular weight excluding hydrogens is 380 g/mol. The summed E-state index contributed by atoms with van der Waals surface area (Å²) in [5.74, 6) is -1.69. The number of ketones is 1. The first-order valence-corrected chi connectivity index (χ1v) is 8.62. The van der Waals surface area contributed by atoms with E-state index in [1.54, 1.807) is 0 Å². The molecule has 0 saturated heterocycles. The van der Waals surface area contributed by atoms with Gasteiger partial charge in [0.2, 0.25) is 0 Å². The van der Waals surface area contributed by atoms with Crippen molar-refractivity contribution in [2.75, 3.05) is 11.1 Å². The van der Waals surface area contributed by atoms with Crippen molar-refractivity contribution in [2.45, 2.75) is 12.5 Å². The quantitative estimate of drug-likeness (QED) is 0.504. The Balaban J connectivity index is 1.69. The highest BCUT2D eigenvalue weighted by Gasteiger charge is 2.32. The lowest BCUT2D eigenvalue weighted by molar-refractivity contribution is 0.0982. The second kappa shape index (κ2) is 6.93. The highest BCUT2D eigenvalue weighted by atomic mass is 19.1. The molecule has 1 aliphatic rings. The van der Waals surface area contributed by atoms with Gasteiger partial charge >= 0.3 is 0 Å². The third kappa shape index (κ3) is 3.38. The largest absolute Gasteiger partial charge is 0.508 e. The van der Waals surface area contributed by atoms with Gasteiger partial charge in [-0.05, 0) is 35.9 Å². The molecule has 29 heavy (non-hydrogen) atoms. The second-order valence-corrected chi connectivity index (χ2v) is 6.62. The van der Waals surface area contributed by atoms with Crippen LogP contribution in [0.15, 0.2) is 42.7 Å². The molecule has 1 aromatic heterocycles. The monoisotopic (exact) mass is 395 g/mol. The molecule has 0 spiro atoms. The van der Waals surface area contributed by atoms with Crippen LogP contribution in [-0.2, 0) is 6.42 Å². The van der Waals surface area contributed by atoms with E-state index in [9.17, 15) is 18.7 Å². The fourth-order valence-electron chi connectivity index (χ4n) is 3.37. The number of benzene rings is 2. The molecule has 0 fully saturated rings. The third-order valence-corrected chi connectivity index (χ3v) is 4.68. The first-order chi connectivity index (χ1) is 13.8. The number of fused-ring (bicyclic) bond motifs is 1.